The lowest BCUT2D eigenvalue weighted by Crippen LogP contribution is -2.33. The first kappa shape index (κ1) is 10.6. The van der Waals surface area contributed by atoms with Crippen LogP contribution in [0.15, 0.2) is 18.2 Å². The third-order valence-corrected chi connectivity index (χ3v) is 1.95. The molecule has 2 amide bonds. The molecule has 2 rings (SSSR count). The normalized spacial score (nSPS) is 12.9. The molecule has 0 fully saturated rings. The molecule has 1 aliphatic heterocycles. The number of hydrogen-bond acceptors (Lipinski definition) is 1. The van der Waals surface area contributed by atoms with Crippen molar-refractivity contribution in [1.82, 2.24) is 5.32 Å². The van der Waals surface area contributed by atoms with Gasteiger partial charge in [0.1, 0.15) is 0 Å². The summed E-state index contributed by atoms with van der Waals surface area (Å²) in [5.74, 6) is 0. The average molecular weight is 192 g/mol. The molecule has 0 atom stereocenters. The largest absolute Gasteiger partial charge is 0.334 e. The molecule has 0 bridgehead atoms. The molecule has 0 aliphatic carbocycles. The van der Waals surface area contributed by atoms with E-state index in [0.29, 0.717) is 6.54 Å². The molecule has 1 aromatic rings. The van der Waals surface area contributed by atoms with Crippen molar-refractivity contribution in [2.75, 3.05) is 5.32 Å². The van der Waals surface area contributed by atoms with Gasteiger partial charge in [-0.2, -0.15) is 0 Å². The topological polar surface area (TPSA) is 41.1 Å². The quantitative estimate of drug-likeness (QED) is 0.652. The molecular formula is C11H16N2O. The Kier molecular flexibility index (Phi) is 3.51. The number of amides is 2. The van der Waals surface area contributed by atoms with E-state index in [1.165, 1.54) is 5.56 Å². The summed E-state index contributed by atoms with van der Waals surface area (Å²) >= 11 is 0. The van der Waals surface area contributed by atoms with Crippen molar-refractivity contribution in [1.29, 1.82) is 0 Å². The second-order valence-corrected chi connectivity index (χ2v) is 2.97. The van der Waals surface area contributed by atoms with Crippen molar-refractivity contribution >= 4 is 11.7 Å². The first-order valence-corrected chi connectivity index (χ1v) is 4.90. The van der Waals surface area contributed by atoms with Crippen LogP contribution in [0.4, 0.5) is 10.5 Å². The second-order valence-electron chi connectivity index (χ2n) is 2.97. The number of fused-ring (bicyclic) bond motifs is 1. The number of urea groups is 1. The van der Waals surface area contributed by atoms with Crippen LogP contribution in [0.1, 0.15) is 25.0 Å². The van der Waals surface area contributed by atoms with Gasteiger partial charge in [-0.15, -0.1) is 0 Å². The maximum atomic E-state index is 10.9. The number of nitrogens with one attached hydrogen (secondary N) is 2. The van der Waals surface area contributed by atoms with Gasteiger partial charge in [0, 0.05) is 12.2 Å². The molecule has 1 aliphatic rings. The van der Waals surface area contributed by atoms with Gasteiger partial charge in [0.2, 0.25) is 0 Å². The Balaban J connectivity index is 0.000000461. The molecule has 0 spiro atoms. The summed E-state index contributed by atoms with van der Waals surface area (Å²) in [6.07, 6.45) is 0. The summed E-state index contributed by atoms with van der Waals surface area (Å²) < 4.78 is 0. The number of aryl methyl sites for hydroxylation is 1. The zero-order valence-corrected chi connectivity index (χ0v) is 8.85. The van der Waals surface area contributed by atoms with Crippen molar-refractivity contribution in [2.45, 2.75) is 27.3 Å². The van der Waals surface area contributed by atoms with Crippen molar-refractivity contribution in [3.63, 3.8) is 0 Å². The number of anilines is 1. The lowest BCUT2D eigenvalue weighted by molar-refractivity contribution is 0.251. The van der Waals surface area contributed by atoms with E-state index in [2.05, 4.69) is 16.7 Å². The zero-order valence-electron chi connectivity index (χ0n) is 8.85. The minimum absolute atomic E-state index is 0.119. The first-order valence-electron chi connectivity index (χ1n) is 4.90. The highest BCUT2D eigenvalue weighted by molar-refractivity contribution is 5.92. The highest BCUT2D eigenvalue weighted by Crippen LogP contribution is 2.19. The molecule has 0 radical (unpaired) electrons. The summed E-state index contributed by atoms with van der Waals surface area (Å²) in [5, 5.41) is 5.45. The monoisotopic (exact) mass is 192 g/mol. The molecule has 76 valence electrons. The van der Waals surface area contributed by atoms with Crippen LogP contribution in [0.25, 0.3) is 0 Å². The Morgan fingerprint density at radius 2 is 2.00 bits per heavy atom. The predicted octanol–water partition coefficient (Wildman–Crippen LogP) is 2.66. The van der Waals surface area contributed by atoms with Crippen molar-refractivity contribution in [2.24, 2.45) is 0 Å². The summed E-state index contributed by atoms with van der Waals surface area (Å²) in [7, 11) is 0. The molecule has 2 N–H and O–H groups in total. The van der Waals surface area contributed by atoms with Gasteiger partial charge in [-0.1, -0.05) is 31.5 Å². The molecule has 14 heavy (non-hydrogen) atoms. The maximum Gasteiger partial charge on any atom is 0.319 e. The van der Waals surface area contributed by atoms with Crippen LogP contribution in [0.3, 0.4) is 0 Å². The van der Waals surface area contributed by atoms with Gasteiger partial charge in [0.15, 0.2) is 0 Å². The van der Waals surface area contributed by atoms with E-state index >= 15 is 0 Å². The van der Waals surface area contributed by atoms with E-state index in [0.717, 1.165) is 11.3 Å². The van der Waals surface area contributed by atoms with Gasteiger partial charge in [0.05, 0.1) is 0 Å². The first-order chi connectivity index (χ1) is 6.75. The van der Waals surface area contributed by atoms with E-state index in [1.807, 2.05) is 32.9 Å². The zero-order chi connectivity index (χ0) is 10.6. The Hall–Kier alpha value is -1.51. The average Bonchev–Trinajstić information content (AvgIpc) is 2.21. The maximum absolute atomic E-state index is 10.9. The highest BCUT2D eigenvalue weighted by Gasteiger charge is 2.12. The number of carbonyl (C=O) groups excluding carboxylic acids is 1. The predicted molar refractivity (Wildman–Crippen MR) is 58.4 cm³/mol. The Morgan fingerprint density at radius 1 is 1.29 bits per heavy atom. The number of hydrogen-bond donors (Lipinski definition) is 2. The van der Waals surface area contributed by atoms with Gasteiger partial charge in [-0.05, 0) is 18.6 Å². The summed E-state index contributed by atoms with van der Waals surface area (Å²) in [6, 6.07) is 5.88. The second kappa shape index (κ2) is 4.65. The highest BCUT2D eigenvalue weighted by atomic mass is 16.2. The molecule has 3 nitrogen and oxygen atoms in total. The van der Waals surface area contributed by atoms with Crippen LogP contribution >= 0.6 is 0 Å². The van der Waals surface area contributed by atoms with Crippen LogP contribution in [-0.2, 0) is 6.54 Å². The van der Waals surface area contributed by atoms with E-state index < -0.39 is 0 Å². The summed E-state index contributed by atoms with van der Waals surface area (Å²) in [6.45, 7) is 6.67. The molecule has 0 unspecified atom stereocenters. The lowest BCUT2D eigenvalue weighted by Gasteiger charge is -2.18. The molecule has 3 heteroatoms. The van der Waals surface area contributed by atoms with E-state index in [4.69, 9.17) is 0 Å². The Labute approximate surface area is 84.5 Å². The van der Waals surface area contributed by atoms with Gasteiger partial charge in [-0.3, -0.25) is 0 Å². The Morgan fingerprint density at radius 3 is 2.71 bits per heavy atom. The number of benzene rings is 1. The minimum atomic E-state index is -0.119. The van der Waals surface area contributed by atoms with Crippen molar-refractivity contribution < 1.29 is 4.79 Å². The van der Waals surface area contributed by atoms with Crippen molar-refractivity contribution in [3.05, 3.63) is 29.3 Å². The summed E-state index contributed by atoms with van der Waals surface area (Å²) in [4.78, 5) is 10.9. The SMILES string of the molecule is CC.Cc1ccc2c(c1)CNC(=O)N2. The van der Waals surface area contributed by atoms with Crippen LogP contribution in [0.5, 0.6) is 0 Å². The molecular weight excluding hydrogens is 176 g/mol. The fourth-order valence-corrected chi connectivity index (χ4v) is 1.33. The minimum Gasteiger partial charge on any atom is -0.334 e. The Bertz CT molecular complexity index is 334. The van der Waals surface area contributed by atoms with E-state index in [9.17, 15) is 4.79 Å². The van der Waals surface area contributed by atoms with Gasteiger partial charge < -0.3 is 10.6 Å². The van der Waals surface area contributed by atoms with Crippen LogP contribution < -0.4 is 10.6 Å². The molecule has 0 aromatic heterocycles. The third kappa shape index (κ3) is 2.25. The molecule has 0 saturated heterocycles. The summed E-state index contributed by atoms with van der Waals surface area (Å²) in [5.41, 5.74) is 3.28. The van der Waals surface area contributed by atoms with Gasteiger partial charge in [0.25, 0.3) is 0 Å². The smallest absolute Gasteiger partial charge is 0.319 e. The van der Waals surface area contributed by atoms with Crippen molar-refractivity contribution in [3.8, 4) is 0 Å². The molecule has 1 aromatic carbocycles. The lowest BCUT2D eigenvalue weighted by atomic mass is 10.1. The third-order valence-electron chi connectivity index (χ3n) is 1.95. The number of carbonyl (C=O) groups is 1. The standard InChI is InChI=1S/C9H10N2O.C2H6/c1-6-2-3-8-7(4-6)5-10-9(12)11-8;1-2/h2-4H,5H2,1H3,(H2,10,11,12);1-2H3. The van der Waals surface area contributed by atoms with Gasteiger partial charge in [-0.25, -0.2) is 4.79 Å². The van der Waals surface area contributed by atoms with Crippen LogP contribution in [0.2, 0.25) is 0 Å². The van der Waals surface area contributed by atoms with Crippen LogP contribution in [0, 0.1) is 6.92 Å². The number of rotatable bonds is 0. The molecule has 1 heterocycles. The van der Waals surface area contributed by atoms with E-state index in [-0.39, 0.29) is 6.03 Å². The van der Waals surface area contributed by atoms with E-state index in [1.54, 1.807) is 0 Å². The van der Waals surface area contributed by atoms with Crippen LogP contribution in [-0.4, -0.2) is 6.03 Å². The molecule has 0 saturated carbocycles. The fraction of sp³-hybridized carbons (Fsp3) is 0.364. The van der Waals surface area contributed by atoms with Gasteiger partial charge >= 0.3 is 6.03 Å². The fourth-order valence-electron chi connectivity index (χ4n) is 1.33.